The van der Waals surface area contributed by atoms with Gasteiger partial charge in [-0.05, 0) is 12.5 Å². The van der Waals surface area contributed by atoms with Crippen molar-refractivity contribution in [2.45, 2.75) is 13.0 Å². The van der Waals surface area contributed by atoms with Crippen LogP contribution in [0.25, 0.3) is 0 Å². The van der Waals surface area contributed by atoms with Crippen LogP contribution in [0.3, 0.4) is 0 Å². The van der Waals surface area contributed by atoms with Gasteiger partial charge in [0.25, 0.3) is 0 Å². The van der Waals surface area contributed by atoms with E-state index in [4.69, 9.17) is 0 Å². The second-order valence-electron chi connectivity index (χ2n) is 3.57. The Labute approximate surface area is 103 Å². The fourth-order valence-corrected chi connectivity index (χ4v) is 1.48. The maximum Gasteiger partial charge on any atom is 0.311 e. The van der Waals surface area contributed by atoms with E-state index >= 15 is 0 Å². The van der Waals surface area contributed by atoms with Crippen LogP contribution in [0.5, 0.6) is 0 Å². The van der Waals surface area contributed by atoms with Gasteiger partial charge in [0.1, 0.15) is 0 Å². The van der Waals surface area contributed by atoms with Gasteiger partial charge in [-0.3, -0.25) is 14.8 Å². The lowest BCUT2D eigenvalue weighted by Gasteiger charge is -2.05. The molecule has 8 heteroatoms. The van der Waals surface area contributed by atoms with Gasteiger partial charge in [0.2, 0.25) is 5.82 Å². The Kier molecular flexibility index (Phi) is 3.79. The lowest BCUT2D eigenvalue weighted by Crippen LogP contribution is -2.09. The van der Waals surface area contributed by atoms with E-state index in [1.807, 2.05) is 0 Å². The monoisotopic (exact) mass is 248 g/mol. The van der Waals surface area contributed by atoms with Crippen molar-refractivity contribution in [1.29, 1.82) is 0 Å². The Hall–Kier alpha value is -2.51. The summed E-state index contributed by atoms with van der Waals surface area (Å²) in [4.78, 5) is 14.2. The van der Waals surface area contributed by atoms with Crippen molar-refractivity contribution in [3.05, 3.63) is 40.8 Å². The van der Waals surface area contributed by atoms with Crippen molar-refractivity contribution in [1.82, 2.24) is 20.0 Å². The minimum absolute atomic E-state index is 0.0155. The number of anilines is 1. The molecule has 0 fully saturated rings. The van der Waals surface area contributed by atoms with E-state index in [9.17, 15) is 10.1 Å². The lowest BCUT2D eigenvalue weighted by molar-refractivity contribution is -0.384. The fraction of sp³-hybridized carbons (Fsp3) is 0.300. The number of nitro groups is 1. The maximum atomic E-state index is 10.7. The first-order valence-corrected chi connectivity index (χ1v) is 5.45. The van der Waals surface area contributed by atoms with Gasteiger partial charge in [-0.15, -0.1) is 5.10 Å². The van der Waals surface area contributed by atoms with E-state index in [0.717, 1.165) is 6.42 Å². The third-order valence-corrected chi connectivity index (χ3v) is 2.31. The zero-order chi connectivity index (χ0) is 12.8. The molecular formula is C10H12N6O2. The molecule has 0 bridgehead atoms. The summed E-state index contributed by atoms with van der Waals surface area (Å²) in [5, 5.41) is 21.2. The molecule has 0 aliphatic heterocycles. The average Bonchev–Trinajstić information content (AvgIpc) is 2.88. The van der Waals surface area contributed by atoms with E-state index < -0.39 is 4.92 Å². The van der Waals surface area contributed by atoms with E-state index in [1.165, 1.54) is 12.3 Å². The summed E-state index contributed by atoms with van der Waals surface area (Å²) >= 11 is 0. The number of hydrogen-bond acceptors (Lipinski definition) is 6. The van der Waals surface area contributed by atoms with Gasteiger partial charge in [0, 0.05) is 31.5 Å². The van der Waals surface area contributed by atoms with Crippen LogP contribution >= 0.6 is 0 Å². The Morgan fingerprint density at radius 2 is 2.33 bits per heavy atom. The maximum absolute atomic E-state index is 10.7. The second kappa shape index (κ2) is 5.71. The summed E-state index contributed by atoms with van der Waals surface area (Å²) in [6, 6.07) is 2.96. The van der Waals surface area contributed by atoms with Crippen LogP contribution in [0.2, 0.25) is 0 Å². The fourth-order valence-electron chi connectivity index (χ4n) is 1.48. The zero-order valence-electron chi connectivity index (χ0n) is 9.56. The van der Waals surface area contributed by atoms with Gasteiger partial charge in [0.05, 0.1) is 11.1 Å². The Balaban J connectivity index is 1.85. The summed E-state index contributed by atoms with van der Waals surface area (Å²) in [5.41, 5.74) is -0.0155. The second-order valence-corrected chi connectivity index (χ2v) is 3.57. The molecule has 0 saturated carbocycles. The topological polar surface area (TPSA) is 98.8 Å². The molecule has 0 unspecified atom stereocenters. The molecule has 2 rings (SSSR count). The molecule has 94 valence electrons. The third kappa shape index (κ3) is 3.00. The van der Waals surface area contributed by atoms with E-state index in [1.54, 1.807) is 23.1 Å². The number of aromatic nitrogens is 4. The normalized spacial score (nSPS) is 10.2. The standard InChI is InChI=1S/C10H12N6O2/c17-16(18)9-3-1-4-11-10(9)12-5-2-7-15-8-6-13-14-15/h1,3-4,6,8H,2,5,7H2,(H,11,12). The molecule has 2 heterocycles. The highest BCUT2D eigenvalue weighted by Gasteiger charge is 2.12. The zero-order valence-corrected chi connectivity index (χ0v) is 9.56. The molecule has 0 aliphatic rings. The molecule has 18 heavy (non-hydrogen) atoms. The van der Waals surface area contributed by atoms with Crippen molar-refractivity contribution in [3.8, 4) is 0 Å². The summed E-state index contributed by atoms with van der Waals surface area (Å²) in [6.45, 7) is 1.28. The van der Waals surface area contributed by atoms with E-state index in [0.29, 0.717) is 18.9 Å². The minimum atomic E-state index is -0.452. The highest BCUT2D eigenvalue weighted by Crippen LogP contribution is 2.19. The molecule has 0 spiro atoms. The summed E-state index contributed by atoms with van der Waals surface area (Å²) in [6.07, 6.45) is 5.67. The SMILES string of the molecule is O=[N+]([O-])c1cccnc1NCCCn1ccnn1. The first kappa shape index (κ1) is 12.0. The summed E-state index contributed by atoms with van der Waals surface area (Å²) in [5.74, 6) is 0.293. The number of pyridine rings is 1. The minimum Gasteiger partial charge on any atom is -0.364 e. The Morgan fingerprint density at radius 3 is 3.06 bits per heavy atom. The first-order chi connectivity index (χ1) is 8.77. The van der Waals surface area contributed by atoms with Crippen LogP contribution < -0.4 is 5.32 Å². The molecule has 2 aromatic rings. The molecule has 0 aliphatic carbocycles. The molecule has 0 saturated heterocycles. The Bertz CT molecular complexity index is 513. The van der Waals surface area contributed by atoms with Crippen LogP contribution in [0.15, 0.2) is 30.7 Å². The predicted octanol–water partition coefficient (Wildman–Crippen LogP) is 1.08. The summed E-state index contributed by atoms with van der Waals surface area (Å²) < 4.78 is 1.70. The van der Waals surface area contributed by atoms with Crippen LogP contribution in [0.4, 0.5) is 11.5 Å². The van der Waals surface area contributed by atoms with Crippen LogP contribution in [-0.2, 0) is 6.54 Å². The van der Waals surface area contributed by atoms with Crippen molar-refractivity contribution in [3.63, 3.8) is 0 Å². The third-order valence-electron chi connectivity index (χ3n) is 2.31. The molecule has 2 aromatic heterocycles. The number of hydrogen-bond donors (Lipinski definition) is 1. The quantitative estimate of drug-likeness (QED) is 0.466. The molecule has 0 amide bonds. The highest BCUT2D eigenvalue weighted by atomic mass is 16.6. The van der Waals surface area contributed by atoms with Gasteiger partial charge in [-0.25, -0.2) is 4.98 Å². The molecule has 8 nitrogen and oxygen atoms in total. The van der Waals surface area contributed by atoms with Crippen molar-refractivity contribution >= 4 is 11.5 Å². The first-order valence-electron chi connectivity index (χ1n) is 5.45. The number of rotatable bonds is 6. The molecule has 0 atom stereocenters. The predicted molar refractivity (Wildman–Crippen MR) is 64.0 cm³/mol. The highest BCUT2D eigenvalue weighted by molar-refractivity contribution is 5.54. The number of nitrogens with one attached hydrogen (secondary N) is 1. The number of nitrogens with zero attached hydrogens (tertiary/aromatic N) is 5. The molecule has 0 aromatic carbocycles. The van der Waals surface area contributed by atoms with Gasteiger partial charge in [0.15, 0.2) is 0 Å². The lowest BCUT2D eigenvalue weighted by atomic mass is 10.3. The van der Waals surface area contributed by atoms with Gasteiger partial charge < -0.3 is 5.32 Å². The summed E-state index contributed by atoms with van der Waals surface area (Å²) in [7, 11) is 0. The Morgan fingerprint density at radius 1 is 1.44 bits per heavy atom. The molecule has 0 radical (unpaired) electrons. The number of aryl methyl sites for hydroxylation is 1. The van der Waals surface area contributed by atoms with Crippen molar-refractivity contribution < 1.29 is 4.92 Å². The smallest absolute Gasteiger partial charge is 0.311 e. The van der Waals surface area contributed by atoms with Crippen LogP contribution in [0, 0.1) is 10.1 Å². The largest absolute Gasteiger partial charge is 0.364 e. The van der Waals surface area contributed by atoms with Crippen molar-refractivity contribution in [2.24, 2.45) is 0 Å². The van der Waals surface area contributed by atoms with Crippen LogP contribution in [-0.4, -0.2) is 31.4 Å². The van der Waals surface area contributed by atoms with Crippen molar-refractivity contribution in [2.75, 3.05) is 11.9 Å². The average molecular weight is 248 g/mol. The van der Waals surface area contributed by atoms with E-state index in [-0.39, 0.29) is 5.69 Å². The van der Waals surface area contributed by atoms with E-state index in [2.05, 4.69) is 20.6 Å². The molecular weight excluding hydrogens is 236 g/mol. The van der Waals surface area contributed by atoms with Gasteiger partial charge in [-0.2, -0.15) is 0 Å². The van der Waals surface area contributed by atoms with Gasteiger partial charge >= 0.3 is 5.69 Å². The van der Waals surface area contributed by atoms with Crippen LogP contribution in [0.1, 0.15) is 6.42 Å². The van der Waals surface area contributed by atoms with Gasteiger partial charge in [-0.1, -0.05) is 5.21 Å². The molecule has 1 N–H and O–H groups in total.